The SMILES string of the molecule is Cc1cc(Cl)cc([C@H](N2CCNCC2)C(C)(C)C)c1O. The highest BCUT2D eigenvalue weighted by molar-refractivity contribution is 6.30. The molecule has 0 unspecified atom stereocenters. The fourth-order valence-electron chi connectivity index (χ4n) is 3.12. The second kappa shape index (κ2) is 5.92. The third kappa shape index (κ3) is 3.27. The van der Waals surface area contributed by atoms with Crippen LogP contribution < -0.4 is 5.32 Å². The van der Waals surface area contributed by atoms with Gasteiger partial charge in [-0.05, 0) is 30.0 Å². The molecule has 1 aliphatic heterocycles. The third-order valence-corrected chi connectivity index (χ3v) is 4.14. The minimum atomic E-state index is 0.0337. The zero-order valence-electron chi connectivity index (χ0n) is 12.8. The Kier molecular flexibility index (Phi) is 4.62. The number of halogens is 1. The van der Waals surface area contributed by atoms with Crippen molar-refractivity contribution in [2.75, 3.05) is 26.2 Å². The molecule has 0 spiro atoms. The van der Waals surface area contributed by atoms with E-state index in [9.17, 15) is 5.11 Å². The van der Waals surface area contributed by atoms with Gasteiger partial charge in [-0.25, -0.2) is 0 Å². The molecule has 1 aromatic rings. The van der Waals surface area contributed by atoms with E-state index in [0.29, 0.717) is 10.8 Å². The van der Waals surface area contributed by atoms with Crippen molar-refractivity contribution >= 4 is 11.6 Å². The number of nitrogens with zero attached hydrogens (tertiary/aromatic N) is 1. The smallest absolute Gasteiger partial charge is 0.123 e. The average molecular weight is 297 g/mol. The molecule has 0 saturated carbocycles. The molecule has 0 radical (unpaired) electrons. The van der Waals surface area contributed by atoms with Gasteiger partial charge in [0.05, 0.1) is 0 Å². The number of phenols is 1. The van der Waals surface area contributed by atoms with Gasteiger partial charge in [0.1, 0.15) is 5.75 Å². The molecule has 1 aromatic carbocycles. The lowest BCUT2D eigenvalue weighted by atomic mass is 9.80. The number of hydrogen-bond acceptors (Lipinski definition) is 3. The number of phenolic OH excluding ortho intramolecular Hbond substituents is 1. The molecule has 0 bridgehead atoms. The Morgan fingerprint density at radius 2 is 1.85 bits per heavy atom. The van der Waals surface area contributed by atoms with Gasteiger partial charge in [0.15, 0.2) is 0 Å². The Bertz CT molecular complexity index is 476. The highest BCUT2D eigenvalue weighted by atomic mass is 35.5. The Balaban J connectivity index is 2.46. The molecule has 0 aliphatic carbocycles. The largest absolute Gasteiger partial charge is 0.507 e. The fraction of sp³-hybridized carbons (Fsp3) is 0.625. The van der Waals surface area contributed by atoms with Crippen LogP contribution in [-0.2, 0) is 0 Å². The van der Waals surface area contributed by atoms with Crippen LogP contribution in [0.25, 0.3) is 0 Å². The topological polar surface area (TPSA) is 35.5 Å². The highest BCUT2D eigenvalue weighted by Gasteiger charge is 2.34. The first-order chi connectivity index (χ1) is 9.30. The molecule has 1 saturated heterocycles. The molecule has 1 heterocycles. The normalized spacial score (nSPS) is 19.1. The molecule has 3 nitrogen and oxygen atoms in total. The van der Waals surface area contributed by atoms with Crippen molar-refractivity contribution in [3.05, 3.63) is 28.3 Å². The molecular formula is C16H25ClN2O. The lowest BCUT2D eigenvalue weighted by Gasteiger charge is -2.43. The van der Waals surface area contributed by atoms with E-state index < -0.39 is 0 Å². The maximum Gasteiger partial charge on any atom is 0.123 e. The molecule has 2 N–H and O–H groups in total. The molecule has 4 heteroatoms. The van der Waals surface area contributed by atoms with Gasteiger partial charge < -0.3 is 10.4 Å². The van der Waals surface area contributed by atoms with Crippen LogP contribution in [0.5, 0.6) is 5.75 Å². The predicted molar refractivity (Wildman–Crippen MR) is 84.5 cm³/mol. The summed E-state index contributed by atoms with van der Waals surface area (Å²) in [5, 5.41) is 14.6. The van der Waals surface area contributed by atoms with Crippen molar-refractivity contribution in [2.45, 2.75) is 33.7 Å². The second-order valence-corrected chi connectivity index (χ2v) is 7.15. The first kappa shape index (κ1) is 15.6. The predicted octanol–water partition coefficient (Wildman–Crippen LogP) is 3.35. The van der Waals surface area contributed by atoms with E-state index in [-0.39, 0.29) is 11.5 Å². The molecule has 0 aromatic heterocycles. The minimum absolute atomic E-state index is 0.0337. The quantitative estimate of drug-likeness (QED) is 0.878. The zero-order valence-corrected chi connectivity index (χ0v) is 13.6. The molecule has 1 fully saturated rings. The molecule has 1 aliphatic rings. The van der Waals surface area contributed by atoms with Crippen molar-refractivity contribution in [3.63, 3.8) is 0 Å². The summed E-state index contributed by atoms with van der Waals surface area (Å²) < 4.78 is 0. The Morgan fingerprint density at radius 1 is 1.25 bits per heavy atom. The summed E-state index contributed by atoms with van der Waals surface area (Å²) in [6.07, 6.45) is 0. The zero-order chi connectivity index (χ0) is 14.9. The maximum atomic E-state index is 10.5. The van der Waals surface area contributed by atoms with Crippen LogP contribution in [0.2, 0.25) is 5.02 Å². The van der Waals surface area contributed by atoms with Gasteiger partial charge in [-0.2, -0.15) is 0 Å². The minimum Gasteiger partial charge on any atom is -0.507 e. The number of rotatable bonds is 2. The van der Waals surface area contributed by atoms with E-state index in [1.165, 1.54) is 0 Å². The van der Waals surface area contributed by atoms with E-state index in [1.54, 1.807) is 0 Å². The van der Waals surface area contributed by atoms with Gasteiger partial charge in [0.25, 0.3) is 0 Å². The molecule has 20 heavy (non-hydrogen) atoms. The monoisotopic (exact) mass is 296 g/mol. The first-order valence-electron chi connectivity index (χ1n) is 7.24. The van der Waals surface area contributed by atoms with Crippen LogP contribution >= 0.6 is 11.6 Å². The highest BCUT2D eigenvalue weighted by Crippen LogP contribution is 2.43. The van der Waals surface area contributed by atoms with Crippen LogP contribution in [0.1, 0.15) is 37.9 Å². The van der Waals surface area contributed by atoms with Gasteiger partial charge in [-0.3, -0.25) is 4.90 Å². The summed E-state index contributed by atoms with van der Waals surface area (Å²) in [4.78, 5) is 2.45. The Labute approximate surface area is 126 Å². The lowest BCUT2D eigenvalue weighted by Crippen LogP contribution is -2.48. The summed E-state index contributed by atoms with van der Waals surface area (Å²) in [6.45, 7) is 12.5. The van der Waals surface area contributed by atoms with Crippen molar-refractivity contribution in [1.29, 1.82) is 0 Å². The van der Waals surface area contributed by atoms with Gasteiger partial charge in [-0.1, -0.05) is 32.4 Å². The van der Waals surface area contributed by atoms with Crippen LogP contribution in [0.15, 0.2) is 12.1 Å². The third-order valence-electron chi connectivity index (χ3n) is 3.93. The van der Waals surface area contributed by atoms with Gasteiger partial charge in [0, 0.05) is 42.8 Å². The van der Waals surface area contributed by atoms with Crippen LogP contribution in [-0.4, -0.2) is 36.2 Å². The summed E-state index contributed by atoms with van der Waals surface area (Å²) in [6, 6.07) is 3.90. The number of nitrogens with one attached hydrogen (secondary N) is 1. The Hall–Kier alpha value is -0.770. The molecule has 112 valence electrons. The lowest BCUT2D eigenvalue weighted by molar-refractivity contribution is 0.0842. The van der Waals surface area contributed by atoms with E-state index in [1.807, 2.05) is 19.1 Å². The van der Waals surface area contributed by atoms with Crippen molar-refractivity contribution in [1.82, 2.24) is 10.2 Å². The number of aromatic hydroxyl groups is 1. The van der Waals surface area contributed by atoms with Gasteiger partial charge in [0.2, 0.25) is 0 Å². The van der Waals surface area contributed by atoms with Crippen molar-refractivity contribution in [2.24, 2.45) is 5.41 Å². The fourth-order valence-corrected chi connectivity index (χ4v) is 3.40. The summed E-state index contributed by atoms with van der Waals surface area (Å²) in [5.74, 6) is 0.382. The first-order valence-corrected chi connectivity index (χ1v) is 7.62. The summed E-state index contributed by atoms with van der Waals surface area (Å²) >= 11 is 6.21. The van der Waals surface area contributed by atoms with Gasteiger partial charge in [-0.15, -0.1) is 0 Å². The van der Waals surface area contributed by atoms with Crippen molar-refractivity contribution in [3.8, 4) is 5.75 Å². The maximum absolute atomic E-state index is 10.5. The summed E-state index contributed by atoms with van der Waals surface area (Å²) in [5.41, 5.74) is 1.83. The molecule has 2 rings (SSSR count). The number of aryl methyl sites for hydroxylation is 1. The van der Waals surface area contributed by atoms with Gasteiger partial charge >= 0.3 is 0 Å². The summed E-state index contributed by atoms with van der Waals surface area (Å²) in [7, 11) is 0. The number of piperazine rings is 1. The number of hydrogen-bond donors (Lipinski definition) is 2. The van der Waals surface area contributed by atoms with E-state index in [4.69, 9.17) is 11.6 Å². The van der Waals surface area contributed by atoms with Crippen molar-refractivity contribution < 1.29 is 5.11 Å². The van der Waals surface area contributed by atoms with E-state index >= 15 is 0 Å². The standard InChI is InChI=1S/C16H25ClN2O/c1-11-9-12(17)10-13(14(11)20)15(16(2,3)4)19-7-5-18-6-8-19/h9-10,15,18,20H,5-8H2,1-4H3/t15-/m0/s1. The van der Waals surface area contributed by atoms with Crippen LogP contribution in [0.4, 0.5) is 0 Å². The average Bonchev–Trinajstić information content (AvgIpc) is 2.35. The van der Waals surface area contributed by atoms with Crippen LogP contribution in [0, 0.1) is 12.3 Å². The Morgan fingerprint density at radius 3 is 2.40 bits per heavy atom. The number of benzene rings is 1. The van der Waals surface area contributed by atoms with E-state index in [0.717, 1.165) is 37.3 Å². The molecule has 1 atom stereocenters. The van der Waals surface area contributed by atoms with Crippen LogP contribution in [0.3, 0.4) is 0 Å². The molecular weight excluding hydrogens is 272 g/mol. The van der Waals surface area contributed by atoms with E-state index in [2.05, 4.69) is 31.0 Å². The molecule has 0 amide bonds. The second-order valence-electron chi connectivity index (χ2n) is 6.72.